The van der Waals surface area contributed by atoms with E-state index in [2.05, 4.69) is 23.8 Å². The van der Waals surface area contributed by atoms with Crippen LogP contribution in [-0.2, 0) is 0 Å². The van der Waals surface area contributed by atoms with E-state index in [1.165, 1.54) is 12.8 Å². The molecule has 0 saturated heterocycles. The van der Waals surface area contributed by atoms with Crippen LogP contribution in [-0.4, -0.2) is 16.1 Å². The van der Waals surface area contributed by atoms with Crippen molar-refractivity contribution in [3.8, 4) is 5.88 Å². The van der Waals surface area contributed by atoms with Crippen molar-refractivity contribution in [1.82, 2.24) is 9.97 Å². The molecule has 94 valence electrons. The Labute approximate surface area is 102 Å². The average Bonchev–Trinajstić information content (AvgIpc) is 2.20. The van der Waals surface area contributed by atoms with Crippen LogP contribution in [0, 0.1) is 5.41 Å². The zero-order valence-electron chi connectivity index (χ0n) is 10.4. The van der Waals surface area contributed by atoms with E-state index in [-0.39, 0.29) is 12.1 Å². The van der Waals surface area contributed by atoms with Crippen LogP contribution >= 0.6 is 0 Å². The minimum atomic E-state index is 0.163. The molecule has 0 aliphatic heterocycles. The van der Waals surface area contributed by atoms with Crippen LogP contribution in [0.25, 0.3) is 0 Å². The Bertz CT molecular complexity index is 375. The molecule has 1 aromatic heterocycles. The van der Waals surface area contributed by atoms with Gasteiger partial charge in [0.25, 0.3) is 0 Å². The molecule has 17 heavy (non-hydrogen) atoms. The first kappa shape index (κ1) is 12.0. The van der Waals surface area contributed by atoms with Crippen LogP contribution in [0.2, 0.25) is 0 Å². The molecule has 0 spiro atoms. The Morgan fingerprint density at radius 2 is 1.88 bits per heavy atom. The maximum Gasteiger partial charge on any atom is 0.225 e. The number of nitrogens with zero attached hydrogens (tertiary/aromatic N) is 2. The first-order valence-electron chi connectivity index (χ1n) is 6.01. The molecule has 0 amide bonds. The Kier molecular flexibility index (Phi) is 3.09. The molecule has 1 aliphatic carbocycles. The summed E-state index contributed by atoms with van der Waals surface area (Å²) in [5.74, 6) is 1.000. The monoisotopic (exact) mass is 236 g/mol. The molecule has 1 aliphatic rings. The highest BCUT2D eigenvalue weighted by Crippen LogP contribution is 2.36. The topological polar surface area (TPSA) is 87.0 Å². The largest absolute Gasteiger partial charge is 0.474 e. The lowest BCUT2D eigenvalue weighted by Gasteiger charge is -2.34. The first-order chi connectivity index (χ1) is 7.94. The highest BCUT2D eigenvalue weighted by atomic mass is 16.5. The predicted octanol–water partition coefficient (Wildman–Crippen LogP) is 1.99. The molecule has 0 aromatic carbocycles. The molecule has 1 aromatic rings. The minimum Gasteiger partial charge on any atom is -0.474 e. The van der Waals surface area contributed by atoms with Gasteiger partial charge in [0.05, 0.1) is 0 Å². The lowest BCUT2D eigenvalue weighted by molar-refractivity contribution is 0.0950. The minimum absolute atomic E-state index is 0.163. The van der Waals surface area contributed by atoms with Gasteiger partial charge in [-0.2, -0.15) is 9.97 Å². The lowest BCUT2D eigenvalue weighted by atomic mass is 9.76. The molecule has 5 nitrogen and oxygen atoms in total. The zero-order valence-corrected chi connectivity index (χ0v) is 10.4. The van der Waals surface area contributed by atoms with Crippen molar-refractivity contribution in [1.29, 1.82) is 0 Å². The van der Waals surface area contributed by atoms with E-state index < -0.39 is 0 Å². The smallest absolute Gasteiger partial charge is 0.225 e. The Hall–Kier alpha value is -1.52. The zero-order chi connectivity index (χ0) is 12.5. The summed E-state index contributed by atoms with van der Waals surface area (Å²) in [6, 6.07) is 1.62. The summed E-state index contributed by atoms with van der Waals surface area (Å²) < 4.78 is 5.80. The van der Waals surface area contributed by atoms with Crippen molar-refractivity contribution in [2.75, 3.05) is 11.5 Å². The highest BCUT2D eigenvalue weighted by Gasteiger charge is 2.28. The van der Waals surface area contributed by atoms with E-state index in [0.29, 0.717) is 17.1 Å². The Morgan fingerprint density at radius 3 is 2.47 bits per heavy atom. The van der Waals surface area contributed by atoms with Gasteiger partial charge in [-0.1, -0.05) is 13.8 Å². The number of ether oxygens (including phenoxy) is 1. The number of nitrogens with two attached hydrogens (primary N) is 2. The third kappa shape index (κ3) is 3.22. The molecular formula is C12H20N4O. The Morgan fingerprint density at radius 1 is 1.24 bits per heavy atom. The summed E-state index contributed by atoms with van der Waals surface area (Å²) in [7, 11) is 0. The van der Waals surface area contributed by atoms with Crippen LogP contribution in [0.5, 0.6) is 5.88 Å². The maximum atomic E-state index is 5.80. The lowest BCUT2D eigenvalue weighted by Crippen LogP contribution is -2.28. The number of hydrogen-bond acceptors (Lipinski definition) is 5. The van der Waals surface area contributed by atoms with Gasteiger partial charge < -0.3 is 16.2 Å². The van der Waals surface area contributed by atoms with Gasteiger partial charge in [0.15, 0.2) is 0 Å². The van der Waals surface area contributed by atoms with Gasteiger partial charge in [-0.05, 0) is 31.1 Å². The van der Waals surface area contributed by atoms with Crippen LogP contribution in [0.4, 0.5) is 11.8 Å². The van der Waals surface area contributed by atoms with Gasteiger partial charge in [0, 0.05) is 6.07 Å². The standard InChI is InChI=1S/C12H20N4O/c1-12(2)5-3-8(4-6-12)17-10-7-9(13)15-11(14)16-10/h7-8H,3-6H2,1-2H3,(H4,13,14,15,16). The molecule has 5 heteroatoms. The second-order valence-corrected chi connectivity index (χ2v) is 5.47. The Balaban J connectivity index is 1.97. The van der Waals surface area contributed by atoms with Crippen molar-refractivity contribution < 1.29 is 4.74 Å². The molecule has 4 N–H and O–H groups in total. The van der Waals surface area contributed by atoms with Crippen molar-refractivity contribution in [3.05, 3.63) is 6.07 Å². The molecule has 1 fully saturated rings. The number of anilines is 2. The third-order valence-electron chi connectivity index (χ3n) is 3.31. The van der Waals surface area contributed by atoms with Crippen LogP contribution in [0.3, 0.4) is 0 Å². The normalized spacial score (nSPS) is 20.1. The van der Waals surface area contributed by atoms with E-state index in [1.54, 1.807) is 6.07 Å². The number of hydrogen-bond donors (Lipinski definition) is 2. The van der Waals surface area contributed by atoms with Crippen molar-refractivity contribution in [2.24, 2.45) is 5.41 Å². The number of aromatic nitrogens is 2. The van der Waals surface area contributed by atoms with E-state index in [4.69, 9.17) is 16.2 Å². The molecule has 0 bridgehead atoms. The molecule has 0 unspecified atom stereocenters. The molecule has 0 radical (unpaired) electrons. The van der Waals surface area contributed by atoms with E-state index in [9.17, 15) is 0 Å². The van der Waals surface area contributed by atoms with Crippen LogP contribution in [0.1, 0.15) is 39.5 Å². The van der Waals surface area contributed by atoms with E-state index >= 15 is 0 Å². The van der Waals surface area contributed by atoms with E-state index in [1.807, 2.05) is 0 Å². The molecule has 1 heterocycles. The molecule has 2 rings (SSSR count). The SMILES string of the molecule is CC1(C)CCC(Oc2cc(N)nc(N)n2)CC1. The maximum absolute atomic E-state index is 5.80. The van der Waals surface area contributed by atoms with Crippen LogP contribution in [0.15, 0.2) is 6.07 Å². The molecule has 0 atom stereocenters. The molecule has 1 saturated carbocycles. The summed E-state index contributed by atoms with van der Waals surface area (Å²) in [5, 5.41) is 0. The summed E-state index contributed by atoms with van der Waals surface area (Å²) in [5.41, 5.74) is 11.6. The van der Waals surface area contributed by atoms with Crippen LogP contribution < -0.4 is 16.2 Å². The first-order valence-corrected chi connectivity index (χ1v) is 6.01. The van der Waals surface area contributed by atoms with Crippen molar-refractivity contribution in [2.45, 2.75) is 45.6 Å². The molecular weight excluding hydrogens is 216 g/mol. The van der Waals surface area contributed by atoms with Gasteiger partial charge in [-0.15, -0.1) is 0 Å². The van der Waals surface area contributed by atoms with Crippen molar-refractivity contribution >= 4 is 11.8 Å². The summed E-state index contributed by atoms with van der Waals surface area (Å²) in [6.45, 7) is 4.59. The number of nitrogen functional groups attached to an aromatic ring is 2. The van der Waals surface area contributed by atoms with Gasteiger partial charge in [0.1, 0.15) is 11.9 Å². The second kappa shape index (κ2) is 4.39. The third-order valence-corrected chi connectivity index (χ3v) is 3.31. The average molecular weight is 236 g/mol. The quantitative estimate of drug-likeness (QED) is 0.820. The van der Waals surface area contributed by atoms with Gasteiger partial charge in [-0.25, -0.2) is 0 Å². The fourth-order valence-electron chi connectivity index (χ4n) is 2.18. The highest BCUT2D eigenvalue weighted by molar-refractivity contribution is 5.38. The number of rotatable bonds is 2. The second-order valence-electron chi connectivity index (χ2n) is 5.47. The summed E-state index contributed by atoms with van der Waals surface area (Å²) in [6.07, 6.45) is 4.67. The van der Waals surface area contributed by atoms with Gasteiger partial charge in [0.2, 0.25) is 11.8 Å². The van der Waals surface area contributed by atoms with Gasteiger partial charge in [-0.3, -0.25) is 0 Å². The van der Waals surface area contributed by atoms with Crippen molar-refractivity contribution in [3.63, 3.8) is 0 Å². The fourth-order valence-corrected chi connectivity index (χ4v) is 2.18. The summed E-state index contributed by atoms with van der Waals surface area (Å²) >= 11 is 0. The fraction of sp³-hybridized carbons (Fsp3) is 0.667. The summed E-state index contributed by atoms with van der Waals surface area (Å²) in [4.78, 5) is 7.84. The van der Waals surface area contributed by atoms with Gasteiger partial charge >= 0.3 is 0 Å². The van der Waals surface area contributed by atoms with E-state index in [0.717, 1.165) is 12.8 Å². The predicted molar refractivity (Wildman–Crippen MR) is 67.5 cm³/mol.